The number of aliphatic hydroxyl groups is 1. The molecule has 0 spiro atoms. The number of amides is 1. The van der Waals surface area contributed by atoms with E-state index in [1.807, 2.05) is 6.92 Å². The van der Waals surface area contributed by atoms with Gasteiger partial charge in [-0.05, 0) is 49.9 Å². The molecule has 0 aromatic heterocycles. The van der Waals surface area contributed by atoms with Gasteiger partial charge < -0.3 is 15.2 Å². The summed E-state index contributed by atoms with van der Waals surface area (Å²) in [5.74, 6) is 0.502. The van der Waals surface area contributed by atoms with Crippen LogP contribution in [0.1, 0.15) is 19.8 Å². The van der Waals surface area contributed by atoms with Gasteiger partial charge in [0, 0.05) is 12.6 Å². The predicted octanol–water partition coefficient (Wildman–Crippen LogP) is 2.04. The number of hydrogen-bond acceptors (Lipinski definition) is 3. The van der Waals surface area contributed by atoms with Crippen molar-refractivity contribution in [2.45, 2.75) is 25.9 Å². The van der Waals surface area contributed by atoms with Crippen molar-refractivity contribution in [1.82, 2.24) is 5.32 Å². The summed E-state index contributed by atoms with van der Waals surface area (Å²) in [6.07, 6.45) is 3.09. The molecule has 0 aliphatic heterocycles. The van der Waals surface area contributed by atoms with Gasteiger partial charge in [0.2, 0.25) is 5.91 Å². The second kappa shape index (κ2) is 7.22. The van der Waals surface area contributed by atoms with Gasteiger partial charge in [-0.15, -0.1) is 0 Å². The smallest absolute Gasteiger partial charge is 0.244 e. The van der Waals surface area contributed by atoms with Crippen LogP contribution in [0.25, 0.3) is 0 Å². The topological polar surface area (TPSA) is 58.6 Å². The molecule has 1 aromatic rings. The van der Waals surface area contributed by atoms with Crippen molar-refractivity contribution in [3.05, 3.63) is 41.7 Å². The highest BCUT2D eigenvalue weighted by molar-refractivity contribution is 5.88. The summed E-state index contributed by atoms with van der Waals surface area (Å²) >= 11 is 0. The van der Waals surface area contributed by atoms with E-state index in [0.29, 0.717) is 11.7 Å². The summed E-state index contributed by atoms with van der Waals surface area (Å²) in [6.45, 7) is 2.11. The Morgan fingerprint density at radius 2 is 2.14 bits per heavy atom. The summed E-state index contributed by atoms with van der Waals surface area (Å²) in [5.41, 5.74) is 1.09. The minimum Gasteiger partial charge on any atom is -0.491 e. The zero-order valence-corrected chi connectivity index (χ0v) is 12.0. The molecule has 0 heterocycles. The molecule has 0 bridgehead atoms. The first-order valence-electron chi connectivity index (χ1n) is 7.07. The van der Waals surface area contributed by atoms with E-state index >= 15 is 0 Å². The Morgan fingerprint density at radius 3 is 2.76 bits per heavy atom. The van der Waals surface area contributed by atoms with Crippen molar-refractivity contribution in [2.75, 3.05) is 13.2 Å². The van der Waals surface area contributed by atoms with Crippen LogP contribution < -0.4 is 10.1 Å². The van der Waals surface area contributed by atoms with E-state index in [0.717, 1.165) is 18.4 Å². The molecule has 1 unspecified atom stereocenters. The lowest BCUT2D eigenvalue weighted by Gasteiger charge is -2.12. The molecular formula is C16H20FNO3. The second-order valence-corrected chi connectivity index (χ2v) is 5.33. The summed E-state index contributed by atoms with van der Waals surface area (Å²) in [4.78, 5) is 11.6. The molecule has 0 saturated heterocycles. The summed E-state index contributed by atoms with van der Waals surface area (Å²) < 4.78 is 18.0. The Kier molecular flexibility index (Phi) is 5.33. The molecule has 5 heteroatoms. The number of halogens is 1. The second-order valence-electron chi connectivity index (χ2n) is 5.33. The van der Waals surface area contributed by atoms with Crippen molar-refractivity contribution < 1.29 is 19.0 Å². The van der Waals surface area contributed by atoms with Crippen LogP contribution in [0.4, 0.5) is 4.39 Å². The van der Waals surface area contributed by atoms with E-state index < -0.39 is 6.10 Å². The van der Waals surface area contributed by atoms with Gasteiger partial charge in [-0.25, -0.2) is 4.39 Å². The maximum absolute atomic E-state index is 12.7. The van der Waals surface area contributed by atoms with Gasteiger partial charge >= 0.3 is 0 Å². The summed E-state index contributed by atoms with van der Waals surface area (Å²) in [6, 6.07) is 5.55. The lowest BCUT2D eigenvalue weighted by atomic mass is 10.2. The highest BCUT2D eigenvalue weighted by atomic mass is 19.1. The Hall–Kier alpha value is -1.88. The fraction of sp³-hybridized carbons (Fsp3) is 0.438. The quantitative estimate of drug-likeness (QED) is 0.756. The highest BCUT2D eigenvalue weighted by Crippen LogP contribution is 2.35. The fourth-order valence-corrected chi connectivity index (χ4v) is 1.91. The van der Waals surface area contributed by atoms with Crippen LogP contribution in [0.15, 0.2) is 35.9 Å². The third-order valence-electron chi connectivity index (χ3n) is 3.35. The van der Waals surface area contributed by atoms with Crippen LogP contribution in [0.3, 0.4) is 0 Å². The SMILES string of the molecule is C/C(=C/C(=O)NCC(O)COc1ccc(F)cc1)C1CC1. The summed E-state index contributed by atoms with van der Waals surface area (Å²) in [7, 11) is 0. The van der Waals surface area contributed by atoms with Crippen molar-refractivity contribution in [3.63, 3.8) is 0 Å². The molecule has 1 fully saturated rings. The number of carbonyl (C=O) groups excluding carboxylic acids is 1. The monoisotopic (exact) mass is 293 g/mol. The van der Waals surface area contributed by atoms with E-state index in [2.05, 4.69) is 5.32 Å². The van der Waals surface area contributed by atoms with Gasteiger partial charge in [-0.1, -0.05) is 5.57 Å². The predicted molar refractivity (Wildman–Crippen MR) is 77.4 cm³/mol. The maximum atomic E-state index is 12.7. The zero-order chi connectivity index (χ0) is 15.2. The van der Waals surface area contributed by atoms with Crippen LogP contribution in [0.5, 0.6) is 5.75 Å². The lowest BCUT2D eigenvalue weighted by Crippen LogP contribution is -2.34. The van der Waals surface area contributed by atoms with Gasteiger partial charge in [-0.3, -0.25) is 4.79 Å². The Labute approximate surface area is 123 Å². The third-order valence-corrected chi connectivity index (χ3v) is 3.35. The van der Waals surface area contributed by atoms with Crippen molar-refractivity contribution >= 4 is 5.91 Å². The number of nitrogens with one attached hydrogen (secondary N) is 1. The Balaban J connectivity index is 1.67. The average molecular weight is 293 g/mol. The molecule has 2 rings (SSSR count). The lowest BCUT2D eigenvalue weighted by molar-refractivity contribution is -0.117. The van der Waals surface area contributed by atoms with Gasteiger partial charge in [0.05, 0.1) is 0 Å². The molecule has 0 radical (unpaired) electrons. The van der Waals surface area contributed by atoms with E-state index in [4.69, 9.17) is 4.74 Å². The molecule has 1 saturated carbocycles. The first-order valence-corrected chi connectivity index (χ1v) is 7.07. The first kappa shape index (κ1) is 15.5. The molecule has 1 atom stereocenters. The number of hydrogen-bond donors (Lipinski definition) is 2. The van der Waals surface area contributed by atoms with E-state index in [1.165, 1.54) is 24.3 Å². The number of carbonyl (C=O) groups is 1. The summed E-state index contributed by atoms with van der Waals surface area (Å²) in [5, 5.41) is 12.4. The maximum Gasteiger partial charge on any atom is 0.244 e. The average Bonchev–Trinajstić information content (AvgIpc) is 3.29. The Bertz CT molecular complexity index is 509. The van der Waals surface area contributed by atoms with Gasteiger partial charge in [0.25, 0.3) is 0 Å². The number of allylic oxidation sites excluding steroid dienone is 1. The molecule has 2 N–H and O–H groups in total. The molecule has 21 heavy (non-hydrogen) atoms. The molecule has 1 aromatic carbocycles. The first-order chi connectivity index (χ1) is 10.0. The number of benzene rings is 1. The standard InChI is InChI=1S/C16H20FNO3/c1-11(12-2-3-12)8-16(20)18-9-14(19)10-21-15-6-4-13(17)5-7-15/h4-8,12,14,19H,2-3,9-10H2,1H3,(H,18,20)/b11-8-. The normalized spacial score (nSPS) is 16.4. The molecular weight excluding hydrogens is 273 g/mol. The van der Waals surface area contributed by atoms with Crippen LogP contribution in [0.2, 0.25) is 0 Å². The largest absolute Gasteiger partial charge is 0.491 e. The van der Waals surface area contributed by atoms with Crippen molar-refractivity contribution in [1.29, 1.82) is 0 Å². The number of ether oxygens (including phenoxy) is 1. The van der Waals surface area contributed by atoms with Gasteiger partial charge in [0.15, 0.2) is 0 Å². The molecule has 114 valence electrons. The van der Waals surface area contributed by atoms with E-state index in [9.17, 15) is 14.3 Å². The van der Waals surface area contributed by atoms with Gasteiger partial charge in [0.1, 0.15) is 24.3 Å². The fourth-order valence-electron chi connectivity index (χ4n) is 1.91. The number of rotatable bonds is 7. The van der Waals surface area contributed by atoms with Gasteiger partial charge in [-0.2, -0.15) is 0 Å². The highest BCUT2D eigenvalue weighted by Gasteiger charge is 2.23. The van der Waals surface area contributed by atoms with Crippen LogP contribution in [-0.2, 0) is 4.79 Å². The molecule has 1 aliphatic carbocycles. The zero-order valence-electron chi connectivity index (χ0n) is 12.0. The minimum absolute atomic E-state index is 0.0389. The molecule has 1 aliphatic rings. The van der Waals surface area contributed by atoms with Crippen LogP contribution >= 0.6 is 0 Å². The van der Waals surface area contributed by atoms with Crippen LogP contribution in [0, 0.1) is 11.7 Å². The van der Waals surface area contributed by atoms with Crippen molar-refractivity contribution in [3.8, 4) is 5.75 Å². The van der Waals surface area contributed by atoms with E-state index in [1.54, 1.807) is 6.08 Å². The minimum atomic E-state index is -0.811. The third kappa shape index (κ3) is 5.55. The molecule has 1 amide bonds. The Morgan fingerprint density at radius 1 is 1.48 bits per heavy atom. The molecule has 4 nitrogen and oxygen atoms in total. The van der Waals surface area contributed by atoms with Crippen LogP contribution in [-0.4, -0.2) is 30.3 Å². The van der Waals surface area contributed by atoms with E-state index in [-0.39, 0.29) is 24.9 Å². The number of aliphatic hydroxyl groups excluding tert-OH is 1. The van der Waals surface area contributed by atoms with Crippen molar-refractivity contribution in [2.24, 2.45) is 5.92 Å².